The number of piperidine rings is 1. The second kappa shape index (κ2) is 5.46. The summed E-state index contributed by atoms with van der Waals surface area (Å²) < 4.78 is 5.66. The van der Waals surface area contributed by atoms with Crippen molar-refractivity contribution < 1.29 is 9.52 Å². The van der Waals surface area contributed by atoms with Crippen LogP contribution in [0.2, 0.25) is 0 Å². The SMILES string of the molecule is CCN1CCCC(c2ncc(CCO)o2)C1. The molecule has 4 heteroatoms. The number of aromatic nitrogens is 1. The number of hydrogen-bond donors (Lipinski definition) is 1. The Kier molecular flexibility index (Phi) is 3.96. The standard InChI is InChI=1S/C12H20N2O2/c1-2-14-6-3-4-10(9-14)12-13-8-11(16-12)5-7-15/h8,10,15H,2-7,9H2,1H3. The van der Waals surface area contributed by atoms with E-state index in [2.05, 4.69) is 16.8 Å². The molecule has 0 saturated carbocycles. The molecule has 0 aromatic carbocycles. The fourth-order valence-electron chi connectivity index (χ4n) is 2.28. The summed E-state index contributed by atoms with van der Waals surface area (Å²) in [6.45, 7) is 5.66. The highest BCUT2D eigenvalue weighted by Gasteiger charge is 2.23. The van der Waals surface area contributed by atoms with Crippen LogP contribution in [-0.2, 0) is 6.42 Å². The molecule has 0 aliphatic carbocycles. The quantitative estimate of drug-likeness (QED) is 0.840. The highest BCUT2D eigenvalue weighted by atomic mass is 16.4. The van der Waals surface area contributed by atoms with Crippen molar-refractivity contribution in [2.75, 3.05) is 26.2 Å². The molecule has 1 atom stereocenters. The molecule has 2 heterocycles. The minimum Gasteiger partial charge on any atom is -0.445 e. The van der Waals surface area contributed by atoms with Crippen molar-refractivity contribution in [2.45, 2.75) is 32.1 Å². The van der Waals surface area contributed by atoms with Gasteiger partial charge in [0.25, 0.3) is 0 Å². The van der Waals surface area contributed by atoms with Gasteiger partial charge >= 0.3 is 0 Å². The molecule has 2 rings (SSSR count). The van der Waals surface area contributed by atoms with E-state index in [0.29, 0.717) is 12.3 Å². The number of aliphatic hydroxyl groups is 1. The number of nitrogens with zero attached hydrogens (tertiary/aromatic N) is 2. The van der Waals surface area contributed by atoms with E-state index in [-0.39, 0.29) is 6.61 Å². The van der Waals surface area contributed by atoms with Crippen molar-refractivity contribution in [1.29, 1.82) is 0 Å². The normalized spacial score (nSPS) is 22.5. The van der Waals surface area contributed by atoms with E-state index >= 15 is 0 Å². The fourth-order valence-corrected chi connectivity index (χ4v) is 2.28. The Morgan fingerprint density at radius 3 is 3.25 bits per heavy atom. The number of aliphatic hydroxyl groups excluding tert-OH is 1. The number of rotatable bonds is 4. The summed E-state index contributed by atoms with van der Waals surface area (Å²) in [6.07, 6.45) is 4.69. The Labute approximate surface area is 96.3 Å². The summed E-state index contributed by atoms with van der Waals surface area (Å²) in [5, 5.41) is 8.82. The Morgan fingerprint density at radius 1 is 1.62 bits per heavy atom. The molecule has 1 aromatic rings. The summed E-state index contributed by atoms with van der Waals surface area (Å²) >= 11 is 0. The van der Waals surface area contributed by atoms with Crippen LogP contribution in [-0.4, -0.2) is 41.2 Å². The van der Waals surface area contributed by atoms with Crippen molar-refractivity contribution in [3.05, 3.63) is 17.8 Å². The molecule has 1 aromatic heterocycles. The molecular weight excluding hydrogens is 204 g/mol. The van der Waals surface area contributed by atoms with E-state index in [1.54, 1.807) is 6.20 Å². The Bertz CT molecular complexity index is 325. The monoisotopic (exact) mass is 224 g/mol. The van der Waals surface area contributed by atoms with Crippen molar-refractivity contribution in [3.8, 4) is 0 Å². The maximum atomic E-state index is 8.82. The molecular formula is C12H20N2O2. The van der Waals surface area contributed by atoms with Crippen LogP contribution >= 0.6 is 0 Å². The van der Waals surface area contributed by atoms with Gasteiger partial charge < -0.3 is 14.4 Å². The minimum absolute atomic E-state index is 0.125. The van der Waals surface area contributed by atoms with Crippen LogP contribution in [0.4, 0.5) is 0 Å². The van der Waals surface area contributed by atoms with Gasteiger partial charge in [-0.25, -0.2) is 4.98 Å². The third-order valence-corrected chi connectivity index (χ3v) is 3.23. The van der Waals surface area contributed by atoms with Crippen molar-refractivity contribution >= 4 is 0 Å². The Balaban J connectivity index is 1.99. The van der Waals surface area contributed by atoms with Crippen molar-refractivity contribution in [3.63, 3.8) is 0 Å². The fraction of sp³-hybridized carbons (Fsp3) is 0.750. The summed E-state index contributed by atoms with van der Waals surface area (Å²) in [4.78, 5) is 6.76. The maximum absolute atomic E-state index is 8.82. The average molecular weight is 224 g/mol. The molecule has 1 aliphatic heterocycles. The van der Waals surface area contributed by atoms with Crippen LogP contribution in [0.5, 0.6) is 0 Å². The van der Waals surface area contributed by atoms with Gasteiger partial charge in [-0.2, -0.15) is 0 Å². The smallest absolute Gasteiger partial charge is 0.198 e. The largest absolute Gasteiger partial charge is 0.445 e. The van der Waals surface area contributed by atoms with Gasteiger partial charge in [0, 0.05) is 18.9 Å². The summed E-state index contributed by atoms with van der Waals surface area (Å²) in [6, 6.07) is 0. The third-order valence-electron chi connectivity index (χ3n) is 3.23. The van der Waals surface area contributed by atoms with Gasteiger partial charge in [-0.3, -0.25) is 0 Å². The molecule has 16 heavy (non-hydrogen) atoms. The lowest BCUT2D eigenvalue weighted by molar-refractivity contribution is 0.199. The average Bonchev–Trinajstić information content (AvgIpc) is 2.78. The number of likely N-dealkylation sites (N-methyl/N-ethyl adjacent to an activating group) is 1. The van der Waals surface area contributed by atoms with E-state index < -0.39 is 0 Å². The van der Waals surface area contributed by atoms with Gasteiger partial charge in [-0.05, 0) is 25.9 Å². The minimum atomic E-state index is 0.125. The summed E-state index contributed by atoms with van der Waals surface area (Å²) in [7, 11) is 0. The first kappa shape index (κ1) is 11.6. The van der Waals surface area contributed by atoms with Crippen LogP contribution in [0.1, 0.15) is 37.3 Å². The molecule has 0 spiro atoms. The first-order chi connectivity index (χ1) is 7.83. The first-order valence-corrected chi connectivity index (χ1v) is 6.11. The Hall–Kier alpha value is -0.870. The first-order valence-electron chi connectivity index (χ1n) is 6.11. The zero-order valence-corrected chi connectivity index (χ0v) is 9.85. The van der Waals surface area contributed by atoms with E-state index in [9.17, 15) is 0 Å². The van der Waals surface area contributed by atoms with Gasteiger partial charge in [0.2, 0.25) is 0 Å². The second-order valence-electron chi connectivity index (χ2n) is 4.37. The summed E-state index contributed by atoms with van der Waals surface area (Å²) in [5.41, 5.74) is 0. The lowest BCUT2D eigenvalue weighted by Gasteiger charge is -2.29. The van der Waals surface area contributed by atoms with E-state index in [4.69, 9.17) is 9.52 Å². The lowest BCUT2D eigenvalue weighted by Crippen LogP contribution is -2.34. The predicted octanol–water partition coefficient (Wildman–Crippen LogP) is 1.41. The molecule has 0 radical (unpaired) electrons. The van der Waals surface area contributed by atoms with Gasteiger partial charge in [0.15, 0.2) is 5.89 Å². The van der Waals surface area contributed by atoms with Crippen LogP contribution in [0.25, 0.3) is 0 Å². The van der Waals surface area contributed by atoms with E-state index in [1.807, 2.05) is 0 Å². The number of oxazole rings is 1. The Morgan fingerprint density at radius 2 is 2.50 bits per heavy atom. The molecule has 1 saturated heterocycles. The van der Waals surface area contributed by atoms with Gasteiger partial charge in [-0.1, -0.05) is 6.92 Å². The van der Waals surface area contributed by atoms with Gasteiger partial charge in [0.1, 0.15) is 5.76 Å². The molecule has 4 nitrogen and oxygen atoms in total. The topological polar surface area (TPSA) is 49.5 Å². The van der Waals surface area contributed by atoms with Crippen LogP contribution in [0.15, 0.2) is 10.6 Å². The summed E-state index contributed by atoms with van der Waals surface area (Å²) in [5.74, 6) is 2.08. The van der Waals surface area contributed by atoms with Crippen LogP contribution in [0, 0.1) is 0 Å². The second-order valence-corrected chi connectivity index (χ2v) is 4.37. The molecule has 0 bridgehead atoms. The van der Waals surface area contributed by atoms with Crippen molar-refractivity contribution in [2.24, 2.45) is 0 Å². The predicted molar refractivity (Wildman–Crippen MR) is 61.4 cm³/mol. The third kappa shape index (κ3) is 2.62. The van der Waals surface area contributed by atoms with Crippen LogP contribution in [0.3, 0.4) is 0 Å². The highest BCUT2D eigenvalue weighted by Crippen LogP contribution is 2.26. The van der Waals surface area contributed by atoms with Crippen LogP contribution < -0.4 is 0 Å². The lowest BCUT2D eigenvalue weighted by atomic mass is 9.98. The van der Waals surface area contributed by atoms with E-state index in [0.717, 1.165) is 31.2 Å². The zero-order valence-electron chi connectivity index (χ0n) is 9.85. The number of likely N-dealkylation sites (tertiary alicyclic amines) is 1. The highest BCUT2D eigenvalue weighted by molar-refractivity contribution is 5.01. The zero-order chi connectivity index (χ0) is 11.4. The molecule has 1 N–H and O–H groups in total. The molecule has 1 unspecified atom stereocenters. The maximum Gasteiger partial charge on any atom is 0.198 e. The molecule has 1 aliphatic rings. The van der Waals surface area contributed by atoms with Gasteiger partial charge in [0.05, 0.1) is 12.8 Å². The number of hydrogen-bond acceptors (Lipinski definition) is 4. The van der Waals surface area contributed by atoms with Crippen molar-refractivity contribution in [1.82, 2.24) is 9.88 Å². The van der Waals surface area contributed by atoms with E-state index in [1.165, 1.54) is 13.0 Å². The molecule has 0 amide bonds. The van der Waals surface area contributed by atoms with Gasteiger partial charge in [-0.15, -0.1) is 0 Å². The molecule has 90 valence electrons. The molecule has 1 fully saturated rings.